The van der Waals surface area contributed by atoms with E-state index in [2.05, 4.69) is 11.4 Å². The Labute approximate surface area is 114 Å². The van der Waals surface area contributed by atoms with Gasteiger partial charge in [-0.1, -0.05) is 0 Å². The molecule has 100 valence electrons. The van der Waals surface area contributed by atoms with Gasteiger partial charge in [0.15, 0.2) is 0 Å². The molecule has 1 aliphatic rings. The lowest BCUT2D eigenvalue weighted by molar-refractivity contribution is -0.119. The van der Waals surface area contributed by atoms with Crippen molar-refractivity contribution in [1.82, 2.24) is 5.32 Å². The number of amides is 1. The molecule has 0 bridgehead atoms. The first kappa shape index (κ1) is 13.6. The standard InChI is InChI=1S/C15H19N3O/c1-18(14-4-2-13(11-16)3-5-14)15(19)10-12-6-8-17-9-7-12/h2-5,12,17H,6-10H2,1H3. The normalized spacial score (nSPS) is 15.8. The van der Waals surface area contributed by atoms with Crippen LogP contribution in [0.15, 0.2) is 24.3 Å². The molecule has 0 saturated carbocycles. The number of piperidine rings is 1. The summed E-state index contributed by atoms with van der Waals surface area (Å²) >= 11 is 0. The van der Waals surface area contributed by atoms with Crippen LogP contribution in [0, 0.1) is 17.2 Å². The van der Waals surface area contributed by atoms with E-state index in [9.17, 15) is 4.79 Å². The lowest BCUT2D eigenvalue weighted by Gasteiger charge is -2.25. The first-order valence-corrected chi connectivity index (χ1v) is 6.68. The molecule has 0 atom stereocenters. The van der Waals surface area contributed by atoms with E-state index in [1.807, 2.05) is 12.1 Å². The lowest BCUT2D eigenvalue weighted by atomic mass is 9.94. The predicted octanol–water partition coefficient (Wildman–Crippen LogP) is 1.91. The SMILES string of the molecule is CN(C(=O)CC1CCNCC1)c1ccc(C#N)cc1. The van der Waals surface area contributed by atoms with Gasteiger partial charge in [-0.15, -0.1) is 0 Å². The second-order valence-corrected chi connectivity index (χ2v) is 5.01. The highest BCUT2D eigenvalue weighted by Crippen LogP contribution is 2.20. The maximum absolute atomic E-state index is 12.2. The van der Waals surface area contributed by atoms with Crippen molar-refractivity contribution in [3.05, 3.63) is 29.8 Å². The number of benzene rings is 1. The fourth-order valence-corrected chi connectivity index (χ4v) is 2.37. The number of nitriles is 1. The van der Waals surface area contributed by atoms with E-state index in [4.69, 9.17) is 5.26 Å². The van der Waals surface area contributed by atoms with Crippen LogP contribution in [0.4, 0.5) is 5.69 Å². The molecule has 2 rings (SSSR count). The zero-order valence-corrected chi connectivity index (χ0v) is 11.2. The van der Waals surface area contributed by atoms with E-state index in [0.717, 1.165) is 31.6 Å². The quantitative estimate of drug-likeness (QED) is 0.900. The van der Waals surface area contributed by atoms with Crippen molar-refractivity contribution in [1.29, 1.82) is 5.26 Å². The summed E-state index contributed by atoms with van der Waals surface area (Å²) in [4.78, 5) is 13.9. The van der Waals surface area contributed by atoms with Crippen LogP contribution in [-0.2, 0) is 4.79 Å². The van der Waals surface area contributed by atoms with Gasteiger partial charge in [0, 0.05) is 19.2 Å². The van der Waals surface area contributed by atoms with Crippen molar-refractivity contribution in [2.45, 2.75) is 19.3 Å². The first-order chi connectivity index (χ1) is 9.20. The summed E-state index contributed by atoms with van der Waals surface area (Å²) in [6.45, 7) is 2.02. The molecular formula is C15H19N3O. The summed E-state index contributed by atoms with van der Waals surface area (Å²) in [7, 11) is 1.80. The van der Waals surface area contributed by atoms with Crippen LogP contribution in [0.3, 0.4) is 0 Å². The second-order valence-electron chi connectivity index (χ2n) is 5.01. The number of anilines is 1. The molecule has 1 heterocycles. The largest absolute Gasteiger partial charge is 0.317 e. The predicted molar refractivity (Wildman–Crippen MR) is 74.8 cm³/mol. The Balaban J connectivity index is 1.95. The molecule has 1 amide bonds. The summed E-state index contributed by atoms with van der Waals surface area (Å²) in [5.41, 5.74) is 1.46. The molecule has 1 N–H and O–H groups in total. The highest BCUT2D eigenvalue weighted by molar-refractivity contribution is 5.92. The Morgan fingerprint density at radius 2 is 2.00 bits per heavy atom. The van der Waals surface area contributed by atoms with Gasteiger partial charge in [0.2, 0.25) is 5.91 Å². The Hall–Kier alpha value is -1.86. The molecule has 4 heteroatoms. The zero-order chi connectivity index (χ0) is 13.7. The monoisotopic (exact) mass is 257 g/mol. The summed E-state index contributed by atoms with van der Waals surface area (Å²) in [6, 6.07) is 9.19. The van der Waals surface area contributed by atoms with E-state index in [0.29, 0.717) is 17.9 Å². The van der Waals surface area contributed by atoms with E-state index in [-0.39, 0.29) is 5.91 Å². The third-order valence-electron chi connectivity index (χ3n) is 3.68. The van der Waals surface area contributed by atoms with E-state index < -0.39 is 0 Å². The number of nitrogens with zero attached hydrogens (tertiary/aromatic N) is 2. The molecule has 0 aromatic heterocycles. The molecule has 1 aromatic carbocycles. The minimum atomic E-state index is 0.150. The van der Waals surface area contributed by atoms with Gasteiger partial charge in [0.1, 0.15) is 0 Å². The molecule has 1 aromatic rings. The van der Waals surface area contributed by atoms with Crippen LogP contribution >= 0.6 is 0 Å². The Bertz CT molecular complexity index is 469. The van der Waals surface area contributed by atoms with Crippen LogP contribution in [0.5, 0.6) is 0 Å². The molecule has 1 saturated heterocycles. The van der Waals surface area contributed by atoms with Crippen molar-refractivity contribution in [3.63, 3.8) is 0 Å². The Morgan fingerprint density at radius 3 is 2.58 bits per heavy atom. The number of carbonyl (C=O) groups excluding carboxylic acids is 1. The van der Waals surface area contributed by atoms with Crippen LogP contribution in [-0.4, -0.2) is 26.0 Å². The van der Waals surface area contributed by atoms with Crippen molar-refractivity contribution in [2.75, 3.05) is 25.0 Å². The minimum Gasteiger partial charge on any atom is -0.317 e. The topological polar surface area (TPSA) is 56.1 Å². The fraction of sp³-hybridized carbons (Fsp3) is 0.467. The van der Waals surface area contributed by atoms with Crippen molar-refractivity contribution in [2.24, 2.45) is 5.92 Å². The molecule has 19 heavy (non-hydrogen) atoms. The van der Waals surface area contributed by atoms with Gasteiger partial charge in [-0.25, -0.2) is 0 Å². The molecule has 0 spiro atoms. The minimum absolute atomic E-state index is 0.150. The average molecular weight is 257 g/mol. The molecular weight excluding hydrogens is 238 g/mol. The van der Waals surface area contributed by atoms with Gasteiger partial charge < -0.3 is 10.2 Å². The summed E-state index contributed by atoms with van der Waals surface area (Å²) < 4.78 is 0. The summed E-state index contributed by atoms with van der Waals surface area (Å²) in [5, 5.41) is 12.1. The van der Waals surface area contributed by atoms with Gasteiger partial charge in [-0.05, 0) is 56.1 Å². The molecule has 1 aliphatic heterocycles. The van der Waals surface area contributed by atoms with E-state index in [1.54, 1.807) is 24.1 Å². The average Bonchev–Trinajstić information content (AvgIpc) is 2.47. The van der Waals surface area contributed by atoms with Gasteiger partial charge in [0.05, 0.1) is 11.6 Å². The highest BCUT2D eigenvalue weighted by atomic mass is 16.2. The zero-order valence-electron chi connectivity index (χ0n) is 11.2. The van der Waals surface area contributed by atoms with Crippen LogP contribution in [0.25, 0.3) is 0 Å². The Kier molecular flexibility index (Phi) is 4.53. The highest BCUT2D eigenvalue weighted by Gasteiger charge is 2.19. The number of rotatable bonds is 3. The summed E-state index contributed by atoms with van der Waals surface area (Å²) in [5.74, 6) is 0.645. The van der Waals surface area contributed by atoms with Gasteiger partial charge in [-0.3, -0.25) is 4.79 Å². The van der Waals surface area contributed by atoms with Crippen molar-refractivity contribution >= 4 is 11.6 Å². The third-order valence-corrected chi connectivity index (χ3v) is 3.68. The number of carbonyl (C=O) groups is 1. The maximum atomic E-state index is 12.2. The second kappa shape index (κ2) is 6.35. The van der Waals surface area contributed by atoms with Gasteiger partial charge in [0.25, 0.3) is 0 Å². The number of hydrogen-bond donors (Lipinski definition) is 1. The van der Waals surface area contributed by atoms with Crippen molar-refractivity contribution < 1.29 is 4.79 Å². The number of nitrogens with one attached hydrogen (secondary N) is 1. The number of hydrogen-bond acceptors (Lipinski definition) is 3. The van der Waals surface area contributed by atoms with E-state index in [1.165, 1.54) is 0 Å². The van der Waals surface area contributed by atoms with E-state index >= 15 is 0 Å². The van der Waals surface area contributed by atoms with Crippen molar-refractivity contribution in [3.8, 4) is 6.07 Å². The van der Waals surface area contributed by atoms with Crippen LogP contribution in [0.2, 0.25) is 0 Å². The third kappa shape index (κ3) is 3.55. The smallest absolute Gasteiger partial charge is 0.226 e. The van der Waals surface area contributed by atoms with Gasteiger partial charge in [-0.2, -0.15) is 5.26 Å². The van der Waals surface area contributed by atoms with Gasteiger partial charge >= 0.3 is 0 Å². The molecule has 4 nitrogen and oxygen atoms in total. The maximum Gasteiger partial charge on any atom is 0.226 e. The summed E-state index contributed by atoms with van der Waals surface area (Å²) in [6.07, 6.45) is 2.76. The first-order valence-electron chi connectivity index (χ1n) is 6.68. The molecule has 0 radical (unpaired) electrons. The molecule has 1 fully saturated rings. The van der Waals surface area contributed by atoms with Crippen LogP contribution < -0.4 is 10.2 Å². The Morgan fingerprint density at radius 1 is 1.37 bits per heavy atom. The lowest BCUT2D eigenvalue weighted by Crippen LogP contribution is -2.33. The molecule has 0 aliphatic carbocycles. The molecule has 0 unspecified atom stereocenters. The fourth-order valence-electron chi connectivity index (χ4n) is 2.37. The van der Waals surface area contributed by atoms with Crippen LogP contribution in [0.1, 0.15) is 24.8 Å².